The van der Waals surface area contributed by atoms with Crippen molar-refractivity contribution in [3.63, 3.8) is 0 Å². The van der Waals surface area contributed by atoms with E-state index >= 15 is 0 Å². The van der Waals surface area contributed by atoms with Crippen molar-refractivity contribution in [1.82, 2.24) is 4.90 Å². The lowest BCUT2D eigenvalue weighted by atomic mass is 10.1. The second kappa shape index (κ2) is 5.56. The zero-order valence-electron chi connectivity index (χ0n) is 11.8. The minimum Gasteiger partial charge on any atom is -0.497 e. The minimum absolute atomic E-state index is 0.0409. The van der Waals surface area contributed by atoms with Gasteiger partial charge in [-0.15, -0.1) is 11.6 Å². The van der Waals surface area contributed by atoms with Crippen molar-refractivity contribution in [1.29, 1.82) is 0 Å². The number of ether oxygens (including phenoxy) is 1. The minimum atomic E-state index is -0.172. The second-order valence-electron chi connectivity index (χ2n) is 5.24. The molecule has 21 heavy (non-hydrogen) atoms. The number of carbonyl (C=O) groups is 2. The summed E-state index contributed by atoms with van der Waals surface area (Å²) in [5.74, 6) is 1.06. The molecule has 2 heterocycles. The maximum atomic E-state index is 12.4. The number of halogens is 1. The van der Waals surface area contributed by atoms with Gasteiger partial charge in [0.15, 0.2) is 0 Å². The molecule has 1 saturated heterocycles. The third kappa shape index (κ3) is 2.35. The summed E-state index contributed by atoms with van der Waals surface area (Å²) in [6.07, 6.45) is 1.26. The summed E-state index contributed by atoms with van der Waals surface area (Å²) in [6, 6.07) is 5.62. The Morgan fingerprint density at radius 3 is 3.00 bits per heavy atom. The van der Waals surface area contributed by atoms with Gasteiger partial charge in [0.05, 0.1) is 12.8 Å². The molecule has 0 aromatic heterocycles. The Morgan fingerprint density at radius 1 is 1.48 bits per heavy atom. The van der Waals surface area contributed by atoms with Gasteiger partial charge in [0, 0.05) is 25.3 Å². The van der Waals surface area contributed by atoms with E-state index in [4.69, 9.17) is 16.3 Å². The van der Waals surface area contributed by atoms with E-state index < -0.39 is 0 Å². The lowest BCUT2D eigenvalue weighted by Crippen LogP contribution is -2.52. The van der Waals surface area contributed by atoms with E-state index in [1.165, 1.54) is 0 Å². The number of methoxy groups -OCH3 is 1. The topological polar surface area (TPSA) is 49.9 Å². The summed E-state index contributed by atoms with van der Waals surface area (Å²) in [6.45, 7) is 0.528. The van der Waals surface area contributed by atoms with Crippen molar-refractivity contribution in [2.24, 2.45) is 0 Å². The number of carbonyl (C=O) groups excluding carboxylic acids is 2. The van der Waals surface area contributed by atoms with Gasteiger partial charge in [-0.2, -0.15) is 0 Å². The summed E-state index contributed by atoms with van der Waals surface area (Å²) in [5.41, 5.74) is 1.80. The summed E-state index contributed by atoms with van der Waals surface area (Å²) in [7, 11) is 1.60. The third-order valence-corrected chi connectivity index (χ3v) is 4.25. The van der Waals surface area contributed by atoms with Gasteiger partial charge in [0.1, 0.15) is 11.9 Å². The van der Waals surface area contributed by atoms with Crippen molar-refractivity contribution in [2.45, 2.75) is 32.0 Å². The molecule has 0 saturated carbocycles. The van der Waals surface area contributed by atoms with Gasteiger partial charge in [0.2, 0.25) is 11.8 Å². The van der Waals surface area contributed by atoms with Gasteiger partial charge in [-0.1, -0.05) is 0 Å². The Hall–Kier alpha value is -1.75. The maximum Gasteiger partial charge on any atom is 0.229 e. The molecule has 2 amide bonds. The molecule has 0 spiro atoms. The van der Waals surface area contributed by atoms with Crippen LogP contribution in [-0.4, -0.2) is 35.9 Å². The molecule has 1 aromatic carbocycles. The first-order chi connectivity index (χ1) is 10.2. The van der Waals surface area contributed by atoms with Gasteiger partial charge in [-0.3, -0.25) is 14.5 Å². The van der Waals surface area contributed by atoms with Crippen LogP contribution >= 0.6 is 11.6 Å². The SMILES string of the molecule is COc1ccc2c(c1)CN1C(=O)CC[C@H]1N2C(=O)CCCl. The molecule has 112 valence electrons. The average molecular weight is 309 g/mol. The first kappa shape index (κ1) is 14.2. The highest BCUT2D eigenvalue weighted by molar-refractivity contribution is 6.19. The largest absolute Gasteiger partial charge is 0.497 e. The number of anilines is 1. The quantitative estimate of drug-likeness (QED) is 0.804. The molecule has 0 unspecified atom stereocenters. The van der Waals surface area contributed by atoms with Gasteiger partial charge in [-0.05, 0) is 30.2 Å². The van der Waals surface area contributed by atoms with E-state index in [9.17, 15) is 9.59 Å². The highest BCUT2D eigenvalue weighted by Crippen LogP contribution is 2.38. The maximum absolute atomic E-state index is 12.4. The van der Waals surface area contributed by atoms with Crippen LogP contribution in [0.15, 0.2) is 18.2 Å². The number of fused-ring (bicyclic) bond motifs is 2. The normalized spacial score (nSPS) is 20.3. The summed E-state index contributed by atoms with van der Waals surface area (Å²) >= 11 is 5.71. The Labute approximate surface area is 128 Å². The summed E-state index contributed by atoms with van der Waals surface area (Å²) in [5, 5.41) is 0. The number of hydrogen-bond donors (Lipinski definition) is 0. The molecule has 1 aromatic rings. The Kier molecular flexibility index (Phi) is 3.76. The molecule has 2 aliphatic heterocycles. The summed E-state index contributed by atoms with van der Waals surface area (Å²) < 4.78 is 5.23. The summed E-state index contributed by atoms with van der Waals surface area (Å²) in [4.78, 5) is 28.0. The van der Waals surface area contributed by atoms with Crippen LogP contribution in [0, 0.1) is 0 Å². The Bertz CT molecular complexity index is 590. The van der Waals surface area contributed by atoms with Gasteiger partial charge < -0.3 is 9.64 Å². The molecule has 0 aliphatic carbocycles. The van der Waals surface area contributed by atoms with Crippen LogP contribution in [-0.2, 0) is 16.1 Å². The highest BCUT2D eigenvalue weighted by atomic mass is 35.5. The fraction of sp³-hybridized carbons (Fsp3) is 0.467. The van der Waals surface area contributed by atoms with Crippen LogP contribution in [0.2, 0.25) is 0 Å². The Morgan fingerprint density at radius 2 is 2.29 bits per heavy atom. The fourth-order valence-corrected chi connectivity index (χ4v) is 3.24. The predicted octanol–water partition coefficient (Wildman–Crippen LogP) is 2.12. The second-order valence-corrected chi connectivity index (χ2v) is 5.62. The van der Waals surface area contributed by atoms with E-state index in [1.54, 1.807) is 16.9 Å². The lowest BCUT2D eigenvalue weighted by molar-refractivity contribution is -0.130. The molecule has 3 rings (SSSR count). The number of benzene rings is 1. The molecule has 6 heteroatoms. The molecular formula is C15H17ClN2O3. The number of amides is 2. The smallest absolute Gasteiger partial charge is 0.229 e. The van der Waals surface area contributed by atoms with Crippen molar-refractivity contribution < 1.29 is 14.3 Å². The predicted molar refractivity (Wildman–Crippen MR) is 79.4 cm³/mol. The van der Waals surface area contributed by atoms with Gasteiger partial charge >= 0.3 is 0 Å². The number of alkyl halides is 1. The number of hydrogen-bond acceptors (Lipinski definition) is 3. The molecule has 0 radical (unpaired) electrons. The molecule has 1 fully saturated rings. The molecule has 5 nitrogen and oxygen atoms in total. The zero-order valence-corrected chi connectivity index (χ0v) is 12.6. The monoisotopic (exact) mass is 308 g/mol. The van der Waals surface area contributed by atoms with Gasteiger partial charge in [0.25, 0.3) is 0 Å². The van der Waals surface area contributed by atoms with Crippen molar-refractivity contribution in [3.8, 4) is 5.75 Å². The standard InChI is InChI=1S/C15H17ClN2O3/c1-21-11-2-3-12-10(8-11)9-17-13(4-5-14(17)19)18(12)15(20)6-7-16/h2-3,8,13H,4-7,9H2,1H3/t13-/m1/s1. The van der Waals surface area contributed by atoms with Crippen LogP contribution in [0.1, 0.15) is 24.8 Å². The Balaban J connectivity index is 2.04. The van der Waals surface area contributed by atoms with Crippen molar-refractivity contribution in [2.75, 3.05) is 17.9 Å². The number of rotatable bonds is 3. The van der Waals surface area contributed by atoms with Gasteiger partial charge in [-0.25, -0.2) is 0 Å². The molecule has 2 aliphatic rings. The van der Waals surface area contributed by atoms with E-state index in [-0.39, 0.29) is 30.3 Å². The van der Waals surface area contributed by atoms with E-state index in [1.807, 2.05) is 18.2 Å². The van der Waals surface area contributed by atoms with Crippen LogP contribution in [0.5, 0.6) is 5.75 Å². The van der Waals surface area contributed by atoms with Crippen molar-refractivity contribution >= 4 is 29.1 Å². The van der Waals surface area contributed by atoms with Crippen LogP contribution < -0.4 is 9.64 Å². The molecule has 0 N–H and O–H groups in total. The third-order valence-electron chi connectivity index (χ3n) is 4.06. The van der Waals surface area contributed by atoms with Crippen molar-refractivity contribution in [3.05, 3.63) is 23.8 Å². The van der Waals surface area contributed by atoms with Crippen LogP contribution in [0.4, 0.5) is 5.69 Å². The lowest BCUT2D eigenvalue weighted by Gasteiger charge is -2.41. The van der Waals surface area contributed by atoms with E-state index in [0.717, 1.165) is 17.0 Å². The molecular weight excluding hydrogens is 292 g/mol. The molecule has 0 bridgehead atoms. The fourth-order valence-electron chi connectivity index (χ4n) is 3.08. The molecule has 1 atom stereocenters. The van der Waals surface area contributed by atoms with Crippen LogP contribution in [0.25, 0.3) is 0 Å². The van der Waals surface area contributed by atoms with E-state index in [2.05, 4.69) is 0 Å². The highest BCUT2D eigenvalue weighted by Gasteiger charge is 2.42. The van der Waals surface area contributed by atoms with E-state index in [0.29, 0.717) is 19.4 Å². The first-order valence-electron chi connectivity index (χ1n) is 7.00. The van der Waals surface area contributed by atoms with Crippen LogP contribution in [0.3, 0.4) is 0 Å². The average Bonchev–Trinajstić information content (AvgIpc) is 2.85. The zero-order chi connectivity index (χ0) is 15.0. The number of nitrogens with zero attached hydrogens (tertiary/aromatic N) is 2. The first-order valence-corrected chi connectivity index (χ1v) is 7.53.